The summed E-state index contributed by atoms with van der Waals surface area (Å²) in [5, 5.41) is 12.3. The summed E-state index contributed by atoms with van der Waals surface area (Å²) in [6.07, 6.45) is 0.894. The van der Waals surface area contributed by atoms with Crippen LogP contribution >= 0.6 is 15.9 Å². The summed E-state index contributed by atoms with van der Waals surface area (Å²) in [6, 6.07) is 8.33. The van der Waals surface area contributed by atoms with Gasteiger partial charge in [0.1, 0.15) is 0 Å². The van der Waals surface area contributed by atoms with Crippen LogP contribution in [0.25, 0.3) is 0 Å². The van der Waals surface area contributed by atoms with Gasteiger partial charge >= 0.3 is 6.09 Å². The number of likely N-dealkylation sites (tertiary alicyclic amines) is 1. The molecule has 1 aliphatic rings. The van der Waals surface area contributed by atoms with Crippen LogP contribution in [0.4, 0.5) is 10.5 Å². The molecule has 1 fully saturated rings. The third-order valence-corrected chi connectivity index (χ3v) is 3.69. The van der Waals surface area contributed by atoms with Crippen LogP contribution in [-0.4, -0.2) is 35.2 Å². The van der Waals surface area contributed by atoms with Crippen molar-refractivity contribution in [2.24, 2.45) is 0 Å². The molecule has 1 aromatic rings. The Morgan fingerprint density at radius 1 is 1.35 bits per heavy atom. The van der Waals surface area contributed by atoms with Gasteiger partial charge in [-0.1, -0.05) is 12.1 Å². The number of hydrogen-bond donors (Lipinski definition) is 2. The van der Waals surface area contributed by atoms with Crippen molar-refractivity contribution < 1.29 is 9.90 Å². The molecule has 0 saturated carbocycles. The van der Waals surface area contributed by atoms with E-state index < -0.39 is 6.09 Å². The van der Waals surface area contributed by atoms with Gasteiger partial charge in [-0.2, -0.15) is 0 Å². The third kappa shape index (κ3) is 3.12. The molecule has 92 valence electrons. The fourth-order valence-corrected chi connectivity index (χ4v) is 2.41. The molecule has 2 rings (SSSR count). The zero-order valence-corrected chi connectivity index (χ0v) is 11.0. The van der Waals surface area contributed by atoms with E-state index in [9.17, 15) is 4.79 Å². The van der Waals surface area contributed by atoms with Crippen molar-refractivity contribution in [3.63, 3.8) is 0 Å². The average molecular weight is 299 g/mol. The lowest BCUT2D eigenvalue weighted by atomic mass is 10.1. The van der Waals surface area contributed by atoms with Gasteiger partial charge in [0.05, 0.1) is 0 Å². The standard InChI is InChI=1S/C12H15BrN2O2/c13-10-3-1-2-4-11(10)14-9-5-7-15(8-6-9)12(16)17/h1-4,9,14H,5-8H2,(H,16,17). The second kappa shape index (κ2) is 5.40. The Morgan fingerprint density at radius 3 is 2.59 bits per heavy atom. The zero-order chi connectivity index (χ0) is 12.3. The van der Waals surface area contributed by atoms with E-state index in [1.807, 2.05) is 24.3 Å². The van der Waals surface area contributed by atoms with Crippen LogP contribution in [0, 0.1) is 0 Å². The number of benzene rings is 1. The molecule has 0 atom stereocenters. The van der Waals surface area contributed by atoms with Crippen molar-refractivity contribution in [1.82, 2.24) is 4.90 Å². The van der Waals surface area contributed by atoms with Gasteiger partial charge in [0.15, 0.2) is 0 Å². The highest BCUT2D eigenvalue weighted by Gasteiger charge is 2.22. The Labute approximate surface area is 109 Å². The number of nitrogens with zero attached hydrogens (tertiary/aromatic N) is 1. The van der Waals surface area contributed by atoms with Crippen LogP contribution in [0.15, 0.2) is 28.7 Å². The van der Waals surface area contributed by atoms with Crippen LogP contribution in [0.5, 0.6) is 0 Å². The zero-order valence-electron chi connectivity index (χ0n) is 9.40. The number of carbonyl (C=O) groups is 1. The first-order chi connectivity index (χ1) is 8.16. The summed E-state index contributed by atoms with van der Waals surface area (Å²) in [4.78, 5) is 12.2. The van der Waals surface area contributed by atoms with Crippen LogP contribution in [-0.2, 0) is 0 Å². The number of halogens is 1. The molecule has 1 heterocycles. The van der Waals surface area contributed by atoms with Gasteiger partial charge < -0.3 is 15.3 Å². The first kappa shape index (κ1) is 12.2. The predicted octanol–water partition coefficient (Wildman–Crippen LogP) is 3.00. The number of anilines is 1. The number of para-hydroxylation sites is 1. The molecule has 0 aromatic heterocycles. The van der Waals surface area contributed by atoms with Gasteiger partial charge in [-0.15, -0.1) is 0 Å². The normalized spacial score (nSPS) is 16.9. The highest BCUT2D eigenvalue weighted by molar-refractivity contribution is 9.10. The summed E-state index contributed by atoms with van der Waals surface area (Å²) in [6.45, 7) is 1.22. The highest BCUT2D eigenvalue weighted by Crippen LogP contribution is 2.24. The molecule has 0 unspecified atom stereocenters. The second-order valence-corrected chi connectivity index (χ2v) is 5.02. The Morgan fingerprint density at radius 2 is 2.00 bits per heavy atom. The molecular formula is C12H15BrN2O2. The maximum Gasteiger partial charge on any atom is 0.407 e. The van der Waals surface area contributed by atoms with Crippen molar-refractivity contribution in [3.05, 3.63) is 28.7 Å². The molecule has 0 radical (unpaired) electrons. The number of piperidine rings is 1. The van der Waals surface area contributed by atoms with E-state index in [2.05, 4.69) is 21.2 Å². The smallest absolute Gasteiger partial charge is 0.407 e. The molecule has 1 amide bonds. The van der Waals surface area contributed by atoms with E-state index in [1.54, 1.807) is 0 Å². The fraction of sp³-hybridized carbons (Fsp3) is 0.417. The van der Waals surface area contributed by atoms with Gasteiger partial charge in [-0.25, -0.2) is 4.79 Å². The van der Waals surface area contributed by atoms with E-state index in [4.69, 9.17) is 5.11 Å². The largest absolute Gasteiger partial charge is 0.465 e. The van der Waals surface area contributed by atoms with E-state index in [0.29, 0.717) is 19.1 Å². The van der Waals surface area contributed by atoms with Crippen molar-refractivity contribution in [2.45, 2.75) is 18.9 Å². The molecule has 1 saturated heterocycles. The van der Waals surface area contributed by atoms with Crippen molar-refractivity contribution >= 4 is 27.7 Å². The molecule has 1 aromatic carbocycles. The lowest BCUT2D eigenvalue weighted by Gasteiger charge is -2.31. The second-order valence-electron chi connectivity index (χ2n) is 4.17. The monoisotopic (exact) mass is 298 g/mol. The van der Waals surface area contributed by atoms with Crippen LogP contribution in [0.2, 0.25) is 0 Å². The first-order valence-corrected chi connectivity index (χ1v) is 6.45. The van der Waals surface area contributed by atoms with Crippen molar-refractivity contribution in [2.75, 3.05) is 18.4 Å². The molecule has 5 heteroatoms. The van der Waals surface area contributed by atoms with Crippen LogP contribution in [0.3, 0.4) is 0 Å². The quantitative estimate of drug-likeness (QED) is 0.882. The summed E-state index contributed by atoms with van der Waals surface area (Å²) in [7, 11) is 0. The topological polar surface area (TPSA) is 52.6 Å². The van der Waals surface area contributed by atoms with Crippen molar-refractivity contribution in [3.8, 4) is 0 Å². The predicted molar refractivity (Wildman–Crippen MR) is 70.4 cm³/mol. The lowest BCUT2D eigenvalue weighted by molar-refractivity contribution is 0.134. The number of nitrogens with one attached hydrogen (secondary N) is 1. The number of carboxylic acid groups (broad SMARTS) is 1. The molecule has 0 spiro atoms. The molecule has 17 heavy (non-hydrogen) atoms. The molecule has 1 aliphatic heterocycles. The van der Waals surface area contributed by atoms with Gasteiger partial charge in [0.25, 0.3) is 0 Å². The molecule has 2 N–H and O–H groups in total. The van der Waals surface area contributed by atoms with Crippen LogP contribution in [0.1, 0.15) is 12.8 Å². The Hall–Kier alpha value is -1.23. The summed E-state index contributed by atoms with van der Waals surface area (Å²) >= 11 is 3.49. The molecule has 0 bridgehead atoms. The van der Waals surface area contributed by atoms with E-state index in [-0.39, 0.29) is 0 Å². The molecule has 0 aliphatic carbocycles. The number of amides is 1. The third-order valence-electron chi connectivity index (χ3n) is 3.00. The van der Waals surface area contributed by atoms with E-state index in [0.717, 1.165) is 23.0 Å². The van der Waals surface area contributed by atoms with Crippen LogP contribution < -0.4 is 5.32 Å². The highest BCUT2D eigenvalue weighted by atomic mass is 79.9. The van der Waals surface area contributed by atoms with E-state index in [1.165, 1.54) is 4.90 Å². The van der Waals surface area contributed by atoms with Gasteiger partial charge in [-0.3, -0.25) is 0 Å². The average Bonchev–Trinajstić information content (AvgIpc) is 2.33. The Kier molecular flexibility index (Phi) is 3.89. The summed E-state index contributed by atoms with van der Waals surface area (Å²) < 4.78 is 1.04. The van der Waals surface area contributed by atoms with Gasteiger partial charge in [0.2, 0.25) is 0 Å². The summed E-state index contributed by atoms with van der Waals surface area (Å²) in [5.41, 5.74) is 1.07. The fourth-order valence-electron chi connectivity index (χ4n) is 2.01. The minimum atomic E-state index is -0.815. The number of rotatable bonds is 2. The lowest BCUT2D eigenvalue weighted by Crippen LogP contribution is -2.41. The minimum Gasteiger partial charge on any atom is -0.465 e. The summed E-state index contributed by atoms with van der Waals surface area (Å²) in [5.74, 6) is 0. The number of hydrogen-bond acceptors (Lipinski definition) is 2. The maximum absolute atomic E-state index is 10.8. The molecular weight excluding hydrogens is 284 g/mol. The minimum absolute atomic E-state index is 0.351. The maximum atomic E-state index is 10.8. The first-order valence-electron chi connectivity index (χ1n) is 5.66. The van der Waals surface area contributed by atoms with Gasteiger partial charge in [0, 0.05) is 29.3 Å². The van der Waals surface area contributed by atoms with Crippen molar-refractivity contribution in [1.29, 1.82) is 0 Å². The Bertz CT molecular complexity index is 403. The van der Waals surface area contributed by atoms with E-state index >= 15 is 0 Å². The Balaban J connectivity index is 1.90. The molecule has 4 nitrogen and oxygen atoms in total. The SMILES string of the molecule is O=C(O)N1CCC(Nc2ccccc2Br)CC1. The van der Waals surface area contributed by atoms with Gasteiger partial charge in [-0.05, 0) is 40.9 Å².